The first-order chi connectivity index (χ1) is 20.1. The standard InChI is InChI=1S/C30H45N3O8S2/c1-21-10-13-26(14-11-21)43(38,39)32(5)19-29-22(2)18-33(23(3)20-34)30(35)27-17-25(31-42(6,36)37)12-15-28(27)41-24(4)9-7-8-16-40-29/h10-15,17,22-24,29,31,34H,7-9,16,18-20H2,1-6H3/t22-,23+,24+,29+/m1/s1. The third-order valence-electron chi connectivity index (χ3n) is 7.52. The van der Waals surface area contributed by atoms with E-state index in [0.29, 0.717) is 18.8 Å². The Kier molecular flexibility index (Phi) is 12.0. The second kappa shape index (κ2) is 14.8. The van der Waals surface area contributed by atoms with Crippen molar-refractivity contribution < 1.29 is 36.2 Å². The largest absolute Gasteiger partial charge is 0.490 e. The molecule has 13 heteroatoms. The molecule has 0 fully saturated rings. The second-order valence-corrected chi connectivity index (χ2v) is 15.3. The number of nitrogens with zero attached hydrogens (tertiary/aromatic N) is 2. The van der Waals surface area contributed by atoms with Crippen LogP contribution in [0.3, 0.4) is 0 Å². The number of rotatable bonds is 8. The summed E-state index contributed by atoms with van der Waals surface area (Å²) < 4.78 is 66.7. The Bertz CT molecular complexity index is 1450. The normalized spacial score (nSPS) is 21.9. The van der Waals surface area contributed by atoms with Crippen LogP contribution >= 0.6 is 0 Å². The van der Waals surface area contributed by atoms with Gasteiger partial charge in [0.1, 0.15) is 5.75 Å². The molecule has 1 aliphatic rings. The molecule has 3 rings (SSSR count). The van der Waals surface area contributed by atoms with Crippen LogP contribution in [0.25, 0.3) is 0 Å². The van der Waals surface area contributed by atoms with Crippen LogP contribution in [0.5, 0.6) is 5.75 Å². The van der Waals surface area contributed by atoms with Crippen molar-refractivity contribution in [2.45, 2.75) is 70.1 Å². The summed E-state index contributed by atoms with van der Waals surface area (Å²) in [6.07, 6.45) is 2.42. The van der Waals surface area contributed by atoms with Crippen molar-refractivity contribution in [2.24, 2.45) is 5.92 Å². The number of carbonyl (C=O) groups excluding carboxylic acids is 1. The maximum atomic E-state index is 14.1. The van der Waals surface area contributed by atoms with Crippen molar-refractivity contribution in [1.82, 2.24) is 9.21 Å². The molecular weight excluding hydrogens is 594 g/mol. The summed E-state index contributed by atoms with van der Waals surface area (Å²) in [4.78, 5) is 15.8. The van der Waals surface area contributed by atoms with Crippen LogP contribution in [0.1, 0.15) is 56.0 Å². The quantitative estimate of drug-likeness (QED) is 0.447. The lowest BCUT2D eigenvalue weighted by Crippen LogP contribution is -2.48. The van der Waals surface area contributed by atoms with Crippen LogP contribution in [0.4, 0.5) is 5.69 Å². The van der Waals surface area contributed by atoms with E-state index in [1.165, 1.54) is 22.3 Å². The van der Waals surface area contributed by atoms with Gasteiger partial charge in [0.05, 0.1) is 41.6 Å². The number of hydrogen-bond donors (Lipinski definition) is 2. The molecule has 0 radical (unpaired) electrons. The molecule has 240 valence electrons. The monoisotopic (exact) mass is 639 g/mol. The Morgan fingerprint density at radius 1 is 1.09 bits per heavy atom. The number of amides is 1. The van der Waals surface area contributed by atoms with Crippen LogP contribution in [0, 0.1) is 12.8 Å². The minimum absolute atomic E-state index is 0.0610. The van der Waals surface area contributed by atoms with Gasteiger partial charge in [-0.25, -0.2) is 16.8 Å². The molecule has 2 N–H and O–H groups in total. The van der Waals surface area contributed by atoms with E-state index in [2.05, 4.69) is 4.72 Å². The number of ether oxygens (including phenoxy) is 2. The highest BCUT2D eigenvalue weighted by Gasteiger charge is 2.32. The Balaban J connectivity index is 1.98. The number of anilines is 1. The van der Waals surface area contributed by atoms with Crippen molar-refractivity contribution in [2.75, 3.05) is 44.3 Å². The molecule has 0 saturated heterocycles. The Morgan fingerprint density at radius 2 is 1.77 bits per heavy atom. The highest BCUT2D eigenvalue weighted by molar-refractivity contribution is 7.92. The van der Waals surface area contributed by atoms with Gasteiger partial charge in [0.15, 0.2) is 0 Å². The SMILES string of the molecule is Cc1ccc(S(=O)(=O)N(C)C[C@@H]2OCCCC[C@H](C)Oc3ccc(NS(C)(=O)=O)cc3C(=O)N([C@@H](C)CO)C[C@H]2C)cc1. The lowest BCUT2D eigenvalue weighted by Gasteiger charge is -2.35. The Labute approximate surface area is 256 Å². The molecule has 43 heavy (non-hydrogen) atoms. The lowest BCUT2D eigenvalue weighted by molar-refractivity contribution is -0.00833. The molecule has 0 aliphatic carbocycles. The van der Waals surface area contributed by atoms with Gasteiger partial charge in [0, 0.05) is 38.3 Å². The zero-order valence-electron chi connectivity index (χ0n) is 25.8. The topological polar surface area (TPSA) is 143 Å². The molecule has 2 aromatic carbocycles. The van der Waals surface area contributed by atoms with Crippen LogP contribution in [0.2, 0.25) is 0 Å². The predicted molar refractivity (Wildman–Crippen MR) is 166 cm³/mol. The number of nitrogens with one attached hydrogen (secondary N) is 1. The fourth-order valence-electron chi connectivity index (χ4n) is 4.90. The third kappa shape index (κ3) is 9.64. The lowest BCUT2D eigenvalue weighted by atomic mass is 10.0. The van der Waals surface area contributed by atoms with Gasteiger partial charge >= 0.3 is 0 Å². The maximum Gasteiger partial charge on any atom is 0.258 e. The van der Waals surface area contributed by atoms with E-state index in [9.17, 15) is 26.7 Å². The number of likely N-dealkylation sites (N-methyl/N-ethyl adjacent to an activating group) is 1. The number of benzene rings is 2. The van der Waals surface area contributed by atoms with E-state index in [4.69, 9.17) is 9.47 Å². The first-order valence-electron chi connectivity index (χ1n) is 14.5. The predicted octanol–water partition coefficient (Wildman–Crippen LogP) is 3.48. The minimum Gasteiger partial charge on any atom is -0.490 e. The summed E-state index contributed by atoms with van der Waals surface area (Å²) in [5.41, 5.74) is 1.32. The van der Waals surface area contributed by atoms with Gasteiger partial charge in [-0.15, -0.1) is 0 Å². The molecule has 0 aromatic heterocycles. The number of hydrogen-bond acceptors (Lipinski definition) is 8. The van der Waals surface area contributed by atoms with E-state index < -0.39 is 38.1 Å². The Morgan fingerprint density at radius 3 is 2.40 bits per heavy atom. The molecule has 0 bridgehead atoms. The first-order valence-corrected chi connectivity index (χ1v) is 17.8. The minimum atomic E-state index is -3.79. The van der Waals surface area contributed by atoms with E-state index in [0.717, 1.165) is 24.7 Å². The third-order valence-corrected chi connectivity index (χ3v) is 9.97. The van der Waals surface area contributed by atoms with Gasteiger partial charge in [-0.05, 0) is 70.4 Å². The molecule has 4 atom stereocenters. The average molecular weight is 640 g/mol. The Hall–Kier alpha value is -2.71. The number of aryl methyl sites for hydroxylation is 1. The molecule has 2 aromatic rings. The van der Waals surface area contributed by atoms with E-state index in [1.807, 2.05) is 20.8 Å². The average Bonchev–Trinajstić information content (AvgIpc) is 2.93. The first kappa shape index (κ1) is 34.8. The van der Waals surface area contributed by atoms with Crippen molar-refractivity contribution in [1.29, 1.82) is 0 Å². The molecule has 1 amide bonds. The number of carbonyl (C=O) groups is 1. The molecule has 0 spiro atoms. The molecule has 1 heterocycles. The van der Waals surface area contributed by atoms with E-state index >= 15 is 0 Å². The van der Waals surface area contributed by atoms with Crippen molar-refractivity contribution in [3.8, 4) is 5.75 Å². The molecule has 0 saturated carbocycles. The van der Waals surface area contributed by atoms with Gasteiger partial charge < -0.3 is 19.5 Å². The smallest absolute Gasteiger partial charge is 0.258 e. The van der Waals surface area contributed by atoms with Crippen molar-refractivity contribution >= 4 is 31.6 Å². The van der Waals surface area contributed by atoms with Crippen LogP contribution in [-0.2, 0) is 24.8 Å². The van der Waals surface area contributed by atoms with Gasteiger partial charge in [0.25, 0.3) is 5.91 Å². The highest BCUT2D eigenvalue weighted by Crippen LogP contribution is 2.29. The van der Waals surface area contributed by atoms with Crippen LogP contribution in [-0.4, -0.2) is 94.9 Å². The fraction of sp³-hybridized carbons (Fsp3) is 0.567. The van der Waals surface area contributed by atoms with Gasteiger partial charge in [-0.2, -0.15) is 4.31 Å². The summed E-state index contributed by atoms with van der Waals surface area (Å²) in [6.45, 7) is 7.66. The van der Waals surface area contributed by atoms with E-state index in [1.54, 1.807) is 43.3 Å². The number of fused-ring (bicyclic) bond motifs is 1. The summed E-state index contributed by atoms with van der Waals surface area (Å²) in [6, 6.07) is 10.6. The second-order valence-electron chi connectivity index (χ2n) is 11.5. The number of sulfonamides is 2. The van der Waals surface area contributed by atoms with Crippen LogP contribution < -0.4 is 9.46 Å². The fourth-order valence-corrected chi connectivity index (χ4v) is 6.64. The zero-order chi connectivity index (χ0) is 31.9. The maximum absolute atomic E-state index is 14.1. The van der Waals surface area contributed by atoms with Crippen molar-refractivity contribution in [3.63, 3.8) is 0 Å². The highest BCUT2D eigenvalue weighted by atomic mass is 32.2. The molecular formula is C30H45N3O8S2. The van der Waals surface area contributed by atoms with Gasteiger partial charge in [-0.3, -0.25) is 9.52 Å². The summed E-state index contributed by atoms with van der Waals surface area (Å²) in [7, 11) is -5.88. The molecule has 11 nitrogen and oxygen atoms in total. The zero-order valence-corrected chi connectivity index (χ0v) is 27.4. The summed E-state index contributed by atoms with van der Waals surface area (Å²) >= 11 is 0. The summed E-state index contributed by atoms with van der Waals surface area (Å²) in [5.74, 6) is -0.477. The van der Waals surface area contributed by atoms with E-state index in [-0.39, 0.29) is 47.9 Å². The number of aliphatic hydroxyl groups is 1. The molecule has 0 unspecified atom stereocenters. The van der Waals surface area contributed by atoms with Gasteiger partial charge in [0.2, 0.25) is 20.0 Å². The van der Waals surface area contributed by atoms with Crippen LogP contribution in [0.15, 0.2) is 47.4 Å². The van der Waals surface area contributed by atoms with Crippen molar-refractivity contribution in [3.05, 3.63) is 53.6 Å². The number of aliphatic hydroxyl groups excluding tert-OH is 1. The van der Waals surface area contributed by atoms with Gasteiger partial charge in [-0.1, -0.05) is 24.6 Å². The summed E-state index contributed by atoms with van der Waals surface area (Å²) in [5, 5.41) is 10.1. The molecule has 1 aliphatic heterocycles.